The van der Waals surface area contributed by atoms with Crippen molar-refractivity contribution in [3.05, 3.63) is 45.4 Å². The molecule has 0 bridgehead atoms. The first-order chi connectivity index (χ1) is 13.0. The second-order valence-corrected chi connectivity index (χ2v) is 10.8. The number of benzene rings is 1. The highest BCUT2D eigenvalue weighted by Crippen LogP contribution is 2.36. The second-order valence-electron chi connectivity index (χ2n) is 8.78. The van der Waals surface area contributed by atoms with Gasteiger partial charge >= 0.3 is 0 Å². The van der Waals surface area contributed by atoms with Crippen molar-refractivity contribution in [2.75, 3.05) is 0 Å². The van der Waals surface area contributed by atoms with Gasteiger partial charge < -0.3 is 0 Å². The summed E-state index contributed by atoms with van der Waals surface area (Å²) in [6.07, 6.45) is 1.78. The normalized spacial score (nSPS) is 12.2. The molecule has 2 heterocycles. The van der Waals surface area contributed by atoms with Gasteiger partial charge in [0.25, 0.3) is 0 Å². The van der Waals surface area contributed by atoms with Crippen LogP contribution in [-0.2, 0) is 10.8 Å². The SMILES string of the molecule is CC(C)(C)c1nc(-c2ccc(-c3nc(C(C)(C)C)c(C=O)s3)cc2)sc1C=O. The molecule has 4 nitrogen and oxygen atoms in total. The van der Waals surface area contributed by atoms with Gasteiger partial charge in [0.2, 0.25) is 0 Å². The van der Waals surface area contributed by atoms with Crippen LogP contribution >= 0.6 is 22.7 Å². The highest BCUT2D eigenvalue weighted by atomic mass is 32.1. The molecule has 0 N–H and O–H groups in total. The molecule has 0 atom stereocenters. The van der Waals surface area contributed by atoms with Gasteiger partial charge in [-0.15, -0.1) is 22.7 Å². The molecule has 0 unspecified atom stereocenters. The Balaban J connectivity index is 1.97. The summed E-state index contributed by atoms with van der Waals surface area (Å²) in [6.45, 7) is 12.3. The third kappa shape index (κ3) is 3.98. The number of aldehydes is 2. The average Bonchev–Trinajstić information content (AvgIpc) is 3.25. The van der Waals surface area contributed by atoms with E-state index in [4.69, 9.17) is 9.97 Å². The summed E-state index contributed by atoms with van der Waals surface area (Å²) in [5, 5.41) is 1.67. The molecule has 0 amide bonds. The lowest BCUT2D eigenvalue weighted by molar-refractivity contribution is 0.111. The number of carbonyl (C=O) groups is 2. The van der Waals surface area contributed by atoms with Crippen molar-refractivity contribution >= 4 is 35.2 Å². The summed E-state index contributed by atoms with van der Waals surface area (Å²) < 4.78 is 0. The Kier molecular flexibility index (Phi) is 5.38. The number of rotatable bonds is 4. The molecule has 0 radical (unpaired) electrons. The van der Waals surface area contributed by atoms with E-state index in [1.165, 1.54) is 22.7 Å². The molecule has 3 aromatic rings. The van der Waals surface area contributed by atoms with Crippen molar-refractivity contribution < 1.29 is 9.59 Å². The maximum atomic E-state index is 11.4. The summed E-state index contributed by atoms with van der Waals surface area (Å²) in [5.41, 5.74) is 3.24. The Labute approximate surface area is 173 Å². The lowest BCUT2D eigenvalue weighted by atomic mass is 9.91. The molecule has 0 spiro atoms. The Bertz CT molecular complexity index is 933. The van der Waals surface area contributed by atoms with E-state index in [1.54, 1.807) is 0 Å². The van der Waals surface area contributed by atoms with Crippen LogP contribution in [0, 0.1) is 0 Å². The number of hydrogen-bond acceptors (Lipinski definition) is 6. The van der Waals surface area contributed by atoms with Crippen LogP contribution in [0.25, 0.3) is 21.1 Å². The average molecular weight is 413 g/mol. The first-order valence-corrected chi connectivity index (χ1v) is 10.7. The summed E-state index contributed by atoms with van der Waals surface area (Å²) in [7, 11) is 0. The predicted octanol–water partition coefficient (Wildman–Crippen LogP) is 6.15. The van der Waals surface area contributed by atoms with E-state index in [2.05, 4.69) is 41.5 Å². The van der Waals surface area contributed by atoms with Gasteiger partial charge in [0, 0.05) is 22.0 Å². The van der Waals surface area contributed by atoms with Crippen molar-refractivity contribution in [2.24, 2.45) is 0 Å². The quantitative estimate of drug-likeness (QED) is 0.482. The first-order valence-electron chi connectivity index (χ1n) is 9.08. The molecule has 146 valence electrons. The molecule has 1 aromatic carbocycles. The highest BCUT2D eigenvalue weighted by molar-refractivity contribution is 7.17. The van der Waals surface area contributed by atoms with Crippen LogP contribution < -0.4 is 0 Å². The Morgan fingerprint density at radius 3 is 1.21 bits per heavy atom. The van der Waals surface area contributed by atoms with E-state index in [0.717, 1.165) is 45.1 Å². The van der Waals surface area contributed by atoms with E-state index >= 15 is 0 Å². The van der Waals surface area contributed by atoms with Crippen molar-refractivity contribution in [3.63, 3.8) is 0 Å². The van der Waals surface area contributed by atoms with E-state index in [1.807, 2.05) is 24.3 Å². The largest absolute Gasteiger partial charge is 0.297 e. The first kappa shape index (κ1) is 20.6. The number of carbonyl (C=O) groups excluding carboxylic acids is 2. The molecule has 0 fully saturated rings. The van der Waals surface area contributed by atoms with E-state index < -0.39 is 0 Å². The van der Waals surface area contributed by atoms with Crippen LogP contribution in [0.15, 0.2) is 24.3 Å². The minimum Gasteiger partial charge on any atom is -0.297 e. The zero-order valence-electron chi connectivity index (χ0n) is 17.0. The van der Waals surface area contributed by atoms with Crippen molar-refractivity contribution in [1.82, 2.24) is 9.97 Å². The van der Waals surface area contributed by atoms with Gasteiger partial charge in [0.1, 0.15) is 10.0 Å². The lowest BCUT2D eigenvalue weighted by Gasteiger charge is -2.15. The summed E-state index contributed by atoms with van der Waals surface area (Å²) in [4.78, 5) is 33.7. The topological polar surface area (TPSA) is 59.9 Å². The van der Waals surface area contributed by atoms with E-state index in [0.29, 0.717) is 9.75 Å². The zero-order valence-corrected chi connectivity index (χ0v) is 18.6. The van der Waals surface area contributed by atoms with Crippen LogP contribution in [0.3, 0.4) is 0 Å². The molecule has 3 rings (SSSR count). The van der Waals surface area contributed by atoms with Crippen LogP contribution in [0.2, 0.25) is 0 Å². The molecule has 0 saturated heterocycles. The maximum Gasteiger partial charge on any atom is 0.161 e. The molecule has 2 aromatic heterocycles. The monoisotopic (exact) mass is 412 g/mol. The van der Waals surface area contributed by atoms with Crippen molar-refractivity contribution in [2.45, 2.75) is 52.4 Å². The summed E-state index contributed by atoms with van der Waals surface area (Å²) >= 11 is 2.83. The second kappa shape index (κ2) is 7.33. The Morgan fingerprint density at radius 1 is 0.679 bits per heavy atom. The number of thiazole rings is 2. The van der Waals surface area contributed by atoms with E-state index in [-0.39, 0.29) is 10.8 Å². The van der Waals surface area contributed by atoms with Gasteiger partial charge in [0.15, 0.2) is 12.6 Å². The molecule has 0 aliphatic heterocycles. The molecule has 0 aliphatic rings. The van der Waals surface area contributed by atoms with Gasteiger partial charge in [-0.05, 0) is 0 Å². The fourth-order valence-electron chi connectivity index (χ4n) is 2.90. The summed E-state index contributed by atoms with van der Waals surface area (Å²) in [5.74, 6) is 0. The number of hydrogen-bond donors (Lipinski definition) is 0. The van der Waals surface area contributed by atoms with Crippen LogP contribution in [0.4, 0.5) is 0 Å². The van der Waals surface area contributed by atoms with E-state index in [9.17, 15) is 9.59 Å². The summed E-state index contributed by atoms with van der Waals surface area (Å²) in [6, 6.07) is 7.98. The molecule has 0 aliphatic carbocycles. The van der Waals surface area contributed by atoms with Crippen LogP contribution in [0.1, 0.15) is 72.3 Å². The fourth-order valence-corrected chi connectivity index (χ4v) is 5.09. The minimum atomic E-state index is -0.180. The van der Waals surface area contributed by atoms with Crippen molar-refractivity contribution in [3.8, 4) is 21.1 Å². The molecule has 6 heteroatoms. The van der Waals surface area contributed by atoms with Crippen LogP contribution in [0.5, 0.6) is 0 Å². The Morgan fingerprint density at radius 2 is 1.00 bits per heavy atom. The molecule has 0 saturated carbocycles. The van der Waals surface area contributed by atoms with Gasteiger partial charge in [-0.25, -0.2) is 9.97 Å². The third-order valence-corrected chi connectivity index (χ3v) is 6.38. The highest BCUT2D eigenvalue weighted by Gasteiger charge is 2.25. The minimum absolute atomic E-state index is 0.180. The van der Waals surface area contributed by atoms with Gasteiger partial charge in [-0.2, -0.15) is 0 Å². The maximum absolute atomic E-state index is 11.4. The number of aromatic nitrogens is 2. The van der Waals surface area contributed by atoms with Gasteiger partial charge in [-0.1, -0.05) is 65.8 Å². The predicted molar refractivity (Wildman–Crippen MR) is 117 cm³/mol. The third-order valence-electron chi connectivity index (χ3n) is 4.32. The molecule has 28 heavy (non-hydrogen) atoms. The number of nitrogens with zero attached hydrogens (tertiary/aromatic N) is 2. The molecular weight excluding hydrogens is 388 g/mol. The smallest absolute Gasteiger partial charge is 0.161 e. The standard InChI is InChI=1S/C22H24N2O2S2/c1-21(2,3)17-15(11-25)27-19(23-17)13-7-9-14(10-8-13)20-24-18(22(4,5)6)16(12-26)28-20/h7-12H,1-6H3. The Hall–Kier alpha value is -2.18. The fraction of sp³-hybridized carbons (Fsp3) is 0.364. The van der Waals surface area contributed by atoms with Crippen molar-refractivity contribution in [1.29, 1.82) is 0 Å². The van der Waals surface area contributed by atoms with Crippen LogP contribution in [-0.4, -0.2) is 22.5 Å². The molecular formula is C22H24N2O2S2. The van der Waals surface area contributed by atoms with Gasteiger partial charge in [0.05, 0.1) is 21.1 Å². The lowest BCUT2D eigenvalue weighted by Crippen LogP contribution is -2.13. The van der Waals surface area contributed by atoms with Gasteiger partial charge in [-0.3, -0.25) is 9.59 Å². The zero-order chi connectivity index (χ0) is 20.7.